The maximum Gasteiger partial charge on any atom is 0.243 e. The summed E-state index contributed by atoms with van der Waals surface area (Å²) in [5, 5.41) is 3.01. The number of pyridine rings is 1. The molecule has 1 heterocycles. The van der Waals surface area contributed by atoms with Gasteiger partial charge in [-0.3, -0.25) is 9.78 Å². The lowest BCUT2D eigenvalue weighted by Crippen LogP contribution is -2.35. The van der Waals surface area contributed by atoms with Crippen molar-refractivity contribution in [3.8, 4) is 0 Å². The van der Waals surface area contributed by atoms with E-state index in [4.69, 9.17) is 0 Å². The normalized spacial score (nSPS) is 22.0. The smallest absolute Gasteiger partial charge is 0.243 e. The molecule has 1 aliphatic carbocycles. The molecule has 0 unspecified atom stereocenters. The molecule has 21 heavy (non-hydrogen) atoms. The van der Waals surface area contributed by atoms with Gasteiger partial charge in [0.2, 0.25) is 5.91 Å². The quantitative estimate of drug-likeness (QED) is 0.642. The maximum absolute atomic E-state index is 11.6. The molecular weight excluding hydrogens is 260 g/mol. The highest BCUT2D eigenvalue weighted by Crippen LogP contribution is 2.36. The molecule has 0 aromatic carbocycles. The summed E-state index contributed by atoms with van der Waals surface area (Å²) in [4.78, 5) is 16.1. The molecule has 0 radical (unpaired) electrons. The van der Waals surface area contributed by atoms with Crippen molar-refractivity contribution in [2.45, 2.75) is 44.6 Å². The van der Waals surface area contributed by atoms with Crippen LogP contribution in [0.2, 0.25) is 0 Å². The molecular formula is C18H24N2O. The number of aromatic nitrogens is 1. The highest BCUT2D eigenvalue weighted by atomic mass is 16.1. The topological polar surface area (TPSA) is 42.0 Å². The summed E-state index contributed by atoms with van der Waals surface area (Å²) in [6.07, 6.45) is 8.97. The fourth-order valence-corrected chi connectivity index (χ4v) is 3.26. The molecule has 0 saturated heterocycles. The minimum absolute atomic E-state index is 0.108. The van der Waals surface area contributed by atoms with Gasteiger partial charge in [0.05, 0.1) is 0 Å². The van der Waals surface area contributed by atoms with Crippen molar-refractivity contribution in [2.75, 3.05) is 0 Å². The first kappa shape index (κ1) is 15.5. The number of carbonyl (C=O) groups is 1. The first-order chi connectivity index (χ1) is 10.1. The first-order valence-corrected chi connectivity index (χ1v) is 7.61. The second-order valence-electron chi connectivity index (χ2n) is 5.95. The van der Waals surface area contributed by atoms with Crippen molar-refractivity contribution in [2.24, 2.45) is 5.92 Å². The van der Waals surface area contributed by atoms with Crippen LogP contribution in [0.5, 0.6) is 0 Å². The van der Waals surface area contributed by atoms with E-state index < -0.39 is 0 Å². The van der Waals surface area contributed by atoms with Gasteiger partial charge in [0.15, 0.2) is 0 Å². The molecule has 0 spiro atoms. The van der Waals surface area contributed by atoms with Crippen LogP contribution >= 0.6 is 0 Å². The van der Waals surface area contributed by atoms with E-state index in [1.165, 1.54) is 17.3 Å². The Kier molecular flexibility index (Phi) is 5.32. The van der Waals surface area contributed by atoms with Crippen LogP contribution in [0.25, 0.3) is 0 Å². The third-order valence-electron chi connectivity index (χ3n) is 4.15. The number of carbonyl (C=O) groups excluding carboxylic acids is 1. The lowest BCUT2D eigenvalue weighted by molar-refractivity contribution is -0.117. The summed E-state index contributed by atoms with van der Waals surface area (Å²) in [6, 6.07) is 4.29. The fourth-order valence-electron chi connectivity index (χ4n) is 3.26. The molecule has 1 amide bonds. The Morgan fingerprint density at radius 2 is 2.38 bits per heavy atom. The first-order valence-electron chi connectivity index (χ1n) is 7.61. The molecule has 0 aliphatic heterocycles. The summed E-state index contributed by atoms with van der Waals surface area (Å²) in [6.45, 7) is 9.59. The monoisotopic (exact) mass is 284 g/mol. The van der Waals surface area contributed by atoms with Gasteiger partial charge in [-0.15, -0.1) is 6.58 Å². The SMILES string of the molecule is C=CC[C@@H](C[C@H]1C[C@@H](C)Cc2ncccc21)NC(=O)C=C. The van der Waals surface area contributed by atoms with Gasteiger partial charge in [-0.2, -0.15) is 0 Å². The third-order valence-corrected chi connectivity index (χ3v) is 4.15. The van der Waals surface area contributed by atoms with E-state index in [1.807, 2.05) is 18.3 Å². The van der Waals surface area contributed by atoms with Gasteiger partial charge in [-0.25, -0.2) is 0 Å². The van der Waals surface area contributed by atoms with E-state index >= 15 is 0 Å². The van der Waals surface area contributed by atoms with Crippen molar-refractivity contribution >= 4 is 5.91 Å². The summed E-state index contributed by atoms with van der Waals surface area (Å²) in [5.41, 5.74) is 2.56. The summed E-state index contributed by atoms with van der Waals surface area (Å²) in [5.74, 6) is 0.974. The lowest BCUT2D eigenvalue weighted by atomic mass is 9.77. The summed E-state index contributed by atoms with van der Waals surface area (Å²) < 4.78 is 0. The van der Waals surface area contributed by atoms with E-state index in [-0.39, 0.29) is 11.9 Å². The van der Waals surface area contributed by atoms with Crippen LogP contribution in [0.3, 0.4) is 0 Å². The average Bonchev–Trinajstić information content (AvgIpc) is 2.47. The van der Waals surface area contributed by atoms with Crippen molar-refractivity contribution in [1.29, 1.82) is 0 Å². The van der Waals surface area contributed by atoms with Crippen molar-refractivity contribution < 1.29 is 4.79 Å². The Bertz CT molecular complexity index is 524. The van der Waals surface area contributed by atoms with Crippen LogP contribution in [0.1, 0.15) is 43.4 Å². The Morgan fingerprint density at radius 3 is 3.10 bits per heavy atom. The van der Waals surface area contributed by atoms with E-state index in [0.717, 1.165) is 25.7 Å². The molecule has 0 fully saturated rings. The molecule has 112 valence electrons. The Labute approximate surface area is 127 Å². The van der Waals surface area contributed by atoms with Crippen molar-refractivity contribution in [1.82, 2.24) is 10.3 Å². The zero-order valence-electron chi connectivity index (χ0n) is 12.7. The van der Waals surface area contributed by atoms with E-state index in [9.17, 15) is 4.79 Å². The van der Waals surface area contributed by atoms with Crippen LogP contribution in [0.4, 0.5) is 0 Å². The van der Waals surface area contributed by atoms with Gasteiger partial charge in [-0.05, 0) is 55.2 Å². The predicted octanol–water partition coefficient (Wildman–Crippen LogP) is 3.38. The zero-order valence-corrected chi connectivity index (χ0v) is 12.7. The minimum atomic E-state index is -0.114. The number of amides is 1. The molecule has 3 atom stereocenters. The third kappa shape index (κ3) is 4.03. The number of fused-ring (bicyclic) bond motifs is 1. The number of nitrogens with one attached hydrogen (secondary N) is 1. The molecule has 0 bridgehead atoms. The van der Waals surface area contributed by atoms with Crippen LogP contribution in [0.15, 0.2) is 43.6 Å². The van der Waals surface area contributed by atoms with E-state index in [2.05, 4.69) is 36.4 Å². The number of hydrogen-bond acceptors (Lipinski definition) is 2. The molecule has 3 nitrogen and oxygen atoms in total. The highest BCUT2D eigenvalue weighted by molar-refractivity contribution is 5.87. The Morgan fingerprint density at radius 1 is 1.57 bits per heavy atom. The van der Waals surface area contributed by atoms with Crippen LogP contribution in [0, 0.1) is 5.92 Å². The molecule has 1 aromatic heterocycles. The standard InChI is InChI=1S/C18H24N2O/c1-4-7-15(20-18(21)5-2)12-14-10-13(3)11-17-16(14)8-6-9-19-17/h4-6,8-9,13-15H,1-2,7,10-12H2,3H3,(H,20,21)/t13-,14-,15+/m1/s1. The molecule has 2 rings (SSSR count). The van der Waals surface area contributed by atoms with Gasteiger partial charge < -0.3 is 5.32 Å². The molecule has 1 N–H and O–H groups in total. The van der Waals surface area contributed by atoms with Crippen molar-refractivity contribution in [3.05, 3.63) is 54.9 Å². The molecule has 1 aliphatic rings. The summed E-state index contributed by atoms with van der Waals surface area (Å²) in [7, 11) is 0. The lowest BCUT2D eigenvalue weighted by Gasteiger charge is -2.31. The van der Waals surface area contributed by atoms with E-state index in [1.54, 1.807) is 0 Å². The van der Waals surface area contributed by atoms with Crippen LogP contribution in [-0.4, -0.2) is 16.9 Å². The second-order valence-corrected chi connectivity index (χ2v) is 5.95. The molecule has 1 aromatic rings. The van der Waals surface area contributed by atoms with Gasteiger partial charge in [0.25, 0.3) is 0 Å². The second kappa shape index (κ2) is 7.21. The Balaban J connectivity index is 2.14. The van der Waals surface area contributed by atoms with Gasteiger partial charge in [0, 0.05) is 17.9 Å². The number of rotatable bonds is 6. The summed E-state index contributed by atoms with van der Waals surface area (Å²) >= 11 is 0. The van der Waals surface area contributed by atoms with Gasteiger partial charge in [0.1, 0.15) is 0 Å². The highest BCUT2D eigenvalue weighted by Gasteiger charge is 2.27. The van der Waals surface area contributed by atoms with Crippen LogP contribution in [-0.2, 0) is 11.2 Å². The largest absolute Gasteiger partial charge is 0.350 e. The number of hydrogen-bond donors (Lipinski definition) is 1. The molecule has 0 saturated carbocycles. The van der Waals surface area contributed by atoms with Crippen molar-refractivity contribution in [3.63, 3.8) is 0 Å². The molecule has 3 heteroatoms. The predicted molar refractivity (Wildman–Crippen MR) is 86.0 cm³/mol. The fraction of sp³-hybridized carbons (Fsp3) is 0.444. The Hall–Kier alpha value is -1.90. The van der Waals surface area contributed by atoms with Crippen LogP contribution < -0.4 is 5.32 Å². The number of nitrogens with zero attached hydrogens (tertiary/aromatic N) is 1. The van der Waals surface area contributed by atoms with Gasteiger partial charge >= 0.3 is 0 Å². The van der Waals surface area contributed by atoms with Gasteiger partial charge in [-0.1, -0.05) is 25.6 Å². The zero-order chi connectivity index (χ0) is 15.2. The minimum Gasteiger partial charge on any atom is -0.350 e. The van der Waals surface area contributed by atoms with E-state index in [0.29, 0.717) is 11.8 Å². The maximum atomic E-state index is 11.6. The average molecular weight is 284 g/mol.